The van der Waals surface area contributed by atoms with Crippen LogP contribution in [-0.2, 0) is 9.84 Å². The number of benzene rings is 2. The van der Waals surface area contributed by atoms with Crippen molar-refractivity contribution in [1.29, 1.82) is 0 Å². The molecular formula is C18H20FNO4S. The molecule has 0 fully saturated rings. The highest BCUT2D eigenvalue weighted by Crippen LogP contribution is 2.27. The van der Waals surface area contributed by atoms with Crippen molar-refractivity contribution < 1.29 is 22.3 Å². The zero-order valence-electron chi connectivity index (χ0n) is 14.2. The molecule has 2 aromatic carbocycles. The predicted molar refractivity (Wildman–Crippen MR) is 94.3 cm³/mol. The van der Waals surface area contributed by atoms with Crippen molar-refractivity contribution in [3.8, 4) is 5.75 Å². The first-order chi connectivity index (χ1) is 11.8. The number of nitrogens with one attached hydrogen (secondary N) is 1. The molecule has 0 aliphatic heterocycles. The molecule has 2 rings (SSSR count). The Morgan fingerprint density at radius 2 is 1.88 bits per heavy atom. The van der Waals surface area contributed by atoms with Gasteiger partial charge < -0.3 is 10.1 Å². The van der Waals surface area contributed by atoms with Gasteiger partial charge in [0.25, 0.3) is 5.91 Å². The third-order valence-corrected chi connectivity index (χ3v) is 5.76. The fraction of sp³-hybridized carbons (Fsp3) is 0.278. The molecular weight excluding hydrogens is 345 g/mol. The van der Waals surface area contributed by atoms with Gasteiger partial charge in [-0.2, -0.15) is 0 Å². The Balaban J connectivity index is 2.41. The first kappa shape index (κ1) is 18.9. The minimum absolute atomic E-state index is 0.0305. The number of halogens is 1. The summed E-state index contributed by atoms with van der Waals surface area (Å²) in [5, 5.41) is 1.93. The van der Waals surface area contributed by atoms with E-state index >= 15 is 0 Å². The van der Waals surface area contributed by atoms with Gasteiger partial charge in [-0.25, -0.2) is 12.8 Å². The van der Waals surface area contributed by atoms with Gasteiger partial charge in [0.2, 0.25) is 0 Å². The number of hydrogen-bond acceptors (Lipinski definition) is 4. The quantitative estimate of drug-likeness (QED) is 0.848. The van der Waals surface area contributed by atoms with Crippen molar-refractivity contribution in [2.24, 2.45) is 0 Å². The fourth-order valence-corrected chi connectivity index (χ4v) is 3.46. The molecule has 134 valence electrons. The Hall–Kier alpha value is -2.41. The van der Waals surface area contributed by atoms with Gasteiger partial charge >= 0.3 is 0 Å². The molecule has 0 saturated carbocycles. The molecule has 5 nitrogen and oxygen atoms in total. The second-order valence-electron chi connectivity index (χ2n) is 5.62. The monoisotopic (exact) mass is 365 g/mol. The molecule has 0 spiro atoms. The Bertz CT molecular complexity index is 878. The van der Waals surface area contributed by atoms with Crippen molar-refractivity contribution >= 4 is 21.4 Å². The molecule has 25 heavy (non-hydrogen) atoms. The Kier molecular flexibility index (Phi) is 5.79. The highest BCUT2D eigenvalue weighted by molar-refractivity contribution is 7.92. The molecule has 0 atom stereocenters. The molecule has 0 unspecified atom stereocenters. The number of ether oxygens (including phenoxy) is 1. The van der Waals surface area contributed by atoms with E-state index < -0.39 is 26.8 Å². The van der Waals surface area contributed by atoms with E-state index in [4.69, 9.17) is 4.74 Å². The molecule has 0 saturated heterocycles. The normalized spacial score (nSPS) is 11.4. The van der Waals surface area contributed by atoms with E-state index in [0.29, 0.717) is 6.61 Å². The molecule has 1 amide bonds. The molecule has 2 aromatic rings. The van der Waals surface area contributed by atoms with E-state index in [0.717, 1.165) is 6.07 Å². The largest absolute Gasteiger partial charge is 0.492 e. The first-order valence-electron chi connectivity index (χ1n) is 7.84. The van der Waals surface area contributed by atoms with Crippen LogP contribution in [0.5, 0.6) is 5.75 Å². The molecule has 0 heterocycles. The molecule has 0 bridgehead atoms. The summed E-state index contributed by atoms with van der Waals surface area (Å²) in [4.78, 5) is 12.6. The van der Waals surface area contributed by atoms with E-state index in [1.54, 1.807) is 32.9 Å². The van der Waals surface area contributed by atoms with Crippen LogP contribution in [0.1, 0.15) is 31.1 Å². The van der Waals surface area contributed by atoms with E-state index in [2.05, 4.69) is 5.32 Å². The SMILES string of the molecule is CCOc1cc(F)ccc1NC(=O)c1ccccc1S(=O)(=O)C(C)C. The summed E-state index contributed by atoms with van der Waals surface area (Å²) in [6, 6.07) is 9.72. The van der Waals surface area contributed by atoms with Gasteiger partial charge in [-0.3, -0.25) is 4.79 Å². The van der Waals surface area contributed by atoms with Crippen LogP contribution >= 0.6 is 0 Å². The maximum atomic E-state index is 13.4. The zero-order valence-corrected chi connectivity index (χ0v) is 15.1. The summed E-state index contributed by atoms with van der Waals surface area (Å²) in [7, 11) is -3.62. The van der Waals surface area contributed by atoms with Gasteiger partial charge in [0.05, 0.1) is 28.0 Å². The second-order valence-corrected chi connectivity index (χ2v) is 8.09. The topological polar surface area (TPSA) is 72.5 Å². The lowest BCUT2D eigenvalue weighted by Gasteiger charge is -2.15. The van der Waals surface area contributed by atoms with Gasteiger partial charge in [0.1, 0.15) is 11.6 Å². The fourth-order valence-electron chi connectivity index (χ4n) is 2.22. The average molecular weight is 365 g/mol. The Morgan fingerprint density at radius 1 is 1.20 bits per heavy atom. The summed E-state index contributed by atoms with van der Waals surface area (Å²) < 4.78 is 43.6. The number of sulfone groups is 1. The lowest BCUT2D eigenvalue weighted by Crippen LogP contribution is -2.21. The Morgan fingerprint density at radius 3 is 2.52 bits per heavy atom. The molecule has 0 aliphatic carbocycles. The van der Waals surface area contributed by atoms with Gasteiger partial charge in [0.15, 0.2) is 9.84 Å². The van der Waals surface area contributed by atoms with Crippen molar-refractivity contribution in [2.75, 3.05) is 11.9 Å². The van der Waals surface area contributed by atoms with Crippen molar-refractivity contribution in [1.82, 2.24) is 0 Å². The van der Waals surface area contributed by atoms with Crippen molar-refractivity contribution in [2.45, 2.75) is 30.9 Å². The smallest absolute Gasteiger partial charge is 0.257 e. The van der Waals surface area contributed by atoms with Crippen LogP contribution in [0.4, 0.5) is 10.1 Å². The molecule has 0 radical (unpaired) electrons. The lowest BCUT2D eigenvalue weighted by molar-refractivity contribution is 0.102. The van der Waals surface area contributed by atoms with Gasteiger partial charge in [-0.05, 0) is 45.0 Å². The predicted octanol–water partition coefficient (Wildman–Crippen LogP) is 3.66. The Labute approximate surface area is 146 Å². The van der Waals surface area contributed by atoms with Crippen LogP contribution in [0.3, 0.4) is 0 Å². The third-order valence-electron chi connectivity index (χ3n) is 3.55. The summed E-state index contributed by atoms with van der Waals surface area (Å²) >= 11 is 0. The minimum atomic E-state index is -3.62. The van der Waals surface area contributed by atoms with Crippen LogP contribution in [0.15, 0.2) is 47.4 Å². The van der Waals surface area contributed by atoms with Crippen LogP contribution in [0.2, 0.25) is 0 Å². The molecule has 0 aromatic heterocycles. The lowest BCUT2D eigenvalue weighted by atomic mass is 10.2. The van der Waals surface area contributed by atoms with Gasteiger partial charge in [-0.15, -0.1) is 0 Å². The van der Waals surface area contributed by atoms with E-state index in [9.17, 15) is 17.6 Å². The number of carbonyl (C=O) groups is 1. The third kappa shape index (κ3) is 4.17. The van der Waals surface area contributed by atoms with Crippen LogP contribution in [0.25, 0.3) is 0 Å². The summed E-state index contributed by atoms with van der Waals surface area (Å²) in [5.41, 5.74) is 0.299. The number of anilines is 1. The number of rotatable bonds is 6. The standard InChI is InChI=1S/C18H20FNO4S/c1-4-24-16-11-13(19)9-10-15(16)20-18(21)14-7-5-6-8-17(14)25(22,23)12(2)3/h5-12H,4H2,1-3H3,(H,20,21). The highest BCUT2D eigenvalue weighted by Gasteiger charge is 2.25. The van der Waals surface area contributed by atoms with E-state index in [1.807, 2.05) is 0 Å². The summed E-state index contributed by atoms with van der Waals surface area (Å²) in [5.74, 6) is -0.920. The van der Waals surface area contributed by atoms with Crippen molar-refractivity contribution in [3.05, 3.63) is 53.8 Å². The maximum Gasteiger partial charge on any atom is 0.257 e. The number of hydrogen-bond donors (Lipinski definition) is 1. The molecule has 1 N–H and O–H groups in total. The van der Waals surface area contributed by atoms with Crippen molar-refractivity contribution in [3.63, 3.8) is 0 Å². The first-order valence-corrected chi connectivity index (χ1v) is 9.38. The van der Waals surface area contributed by atoms with Gasteiger partial charge in [-0.1, -0.05) is 12.1 Å². The molecule has 7 heteroatoms. The maximum absolute atomic E-state index is 13.4. The zero-order chi connectivity index (χ0) is 18.6. The second kappa shape index (κ2) is 7.65. The van der Waals surface area contributed by atoms with E-state index in [1.165, 1.54) is 24.3 Å². The average Bonchev–Trinajstić information content (AvgIpc) is 2.57. The summed E-state index contributed by atoms with van der Waals surface area (Å²) in [6.07, 6.45) is 0. The highest BCUT2D eigenvalue weighted by atomic mass is 32.2. The number of carbonyl (C=O) groups excluding carboxylic acids is 1. The minimum Gasteiger partial charge on any atom is -0.492 e. The van der Waals surface area contributed by atoms with E-state index in [-0.39, 0.29) is 21.9 Å². The number of amides is 1. The van der Waals surface area contributed by atoms with Crippen LogP contribution in [0, 0.1) is 5.82 Å². The van der Waals surface area contributed by atoms with Crippen LogP contribution < -0.4 is 10.1 Å². The summed E-state index contributed by atoms with van der Waals surface area (Å²) in [6.45, 7) is 5.14. The molecule has 0 aliphatic rings. The van der Waals surface area contributed by atoms with Crippen LogP contribution in [-0.4, -0.2) is 26.2 Å². The van der Waals surface area contributed by atoms with Gasteiger partial charge in [0, 0.05) is 6.07 Å².